The molecule has 7 heteroatoms. The second-order valence-electron chi connectivity index (χ2n) is 6.34. The molecule has 1 aromatic rings. The number of methoxy groups -OCH3 is 1. The third-order valence-corrected chi connectivity index (χ3v) is 5.19. The van der Waals surface area contributed by atoms with E-state index in [1.54, 1.807) is 0 Å². The number of ether oxygens (including phenoxy) is 1. The fourth-order valence-electron chi connectivity index (χ4n) is 3.84. The van der Waals surface area contributed by atoms with Crippen LogP contribution in [0.25, 0.3) is 0 Å². The molecule has 22 heavy (non-hydrogen) atoms. The van der Waals surface area contributed by atoms with Gasteiger partial charge in [0.2, 0.25) is 11.8 Å². The Morgan fingerprint density at radius 3 is 3.00 bits per heavy atom. The number of hydrogen-bond acceptors (Lipinski definition) is 6. The van der Waals surface area contributed by atoms with Crippen molar-refractivity contribution in [3.05, 3.63) is 12.0 Å². The van der Waals surface area contributed by atoms with E-state index in [1.807, 2.05) is 0 Å². The molecule has 0 bridgehead atoms. The minimum Gasteiger partial charge on any atom is -0.479 e. The predicted molar refractivity (Wildman–Crippen MR) is 80.5 cm³/mol. The van der Waals surface area contributed by atoms with Crippen molar-refractivity contribution >= 4 is 5.95 Å². The Morgan fingerprint density at radius 2 is 2.27 bits per heavy atom. The molecule has 1 aromatic heterocycles. The maximum absolute atomic E-state index is 13.5. The van der Waals surface area contributed by atoms with Crippen LogP contribution in [0.15, 0.2) is 6.20 Å². The van der Waals surface area contributed by atoms with Crippen LogP contribution >= 0.6 is 0 Å². The molecule has 0 unspecified atom stereocenters. The number of anilines is 1. The highest BCUT2D eigenvalue weighted by atomic mass is 19.1. The predicted octanol–water partition coefficient (Wildman–Crippen LogP) is 0.907. The molecule has 0 radical (unpaired) electrons. The normalized spacial score (nSPS) is 29.3. The van der Waals surface area contributed by atoms with Crippen molar-refractivity contribution in [3.63, 3.8) is 0 Å². The van der Waals surface area contributed by atoms with Crippen molar-refractivity contribution in [2.45, 2.75) is 25.3 Å². The van der Waals surface area contributed by atoms with E-state index in [9.17, 15) is 9.50 Å². The first-order valence-corrected chi connectivity index (χ1v) is 7.72. The molecule has 0 saturated carbocycles. The van der Waals surface area contributed by atoms with Gasteiger partial charge in [-0.25, -0.2) is 4.98 Å². The number of aliphatic hydroxyl groups excluding tert-OH is 1. The van der Waals surface area contributed by atoms with E-state index < -0.39 is 5.82 Å². The summed E-state index contributed by atoms with van der Waals surface area (Å²) in [4.78, 5) is 12.6. The Labute approximate surface area is 129 Å². The van der Waals surface area contributed by atoms with Crippen LogP contribution < -0.4 is 9.64 Å². The molecule has 2 aliphatic rings. The van der Waals surface area contributed by atoms with Crippen LogP contribution in [0.4, 0.5) is 10.3 Å². The zero-order chi connectivity index (χ0) is 15.7. The zero-order valence-electron chi connectivity index (χ0n) is 13.1. The number of likely N-dealkylation sites (N-methyl/N-ethyl adjacent to an activating group) is 1. The molecule has 2 fully saturated rings. The summed E-state index contributed by atoms with van der Waals surface area (Å²) >= 11 is 0. The number of nitrogens with zero attached hydrogens (tertiary/aromatic N) is 4. The minimum absolute atomic E-state index is 0.0269. The number of halogens is 1. The summed E-state index contributed by atoms with van der Waals surface area (Å²) < 4.78 is 18.4. The molecule has 0 aromatic carbocycles. The topological polar surface area (TPSA) is 61.7 Å². The summed E-state index contributed by atoms with van der Waals surface area (Å²) in [5.74, 6) is -0.0903. The third-order valence-electron chi connectivity index (χ3n) is 5.19. The lowest BCUT2D eigenvalue weighted by atomic mass is 9.69. The Hall–Kier alpha value is -1.47. The highest BCUT2D eigenvalue weighted by molar-refractivity contribution is 5.34. The van der Waals surface area contributed by atoms with Gasteiger partial charge in [-0.2, -0.15) is 9.37 Å². The Balaban J connectivity index is 1.83. The van der Waals surface area contributed by atoms with E-state index in [0.29, 0.717) is 5.95 Å². The molecule has 122 valence electrons. The number of hydrogen-bond donors (Lipinski definition) is 1. The number of aromatic nitrogens is 2. The van der Waals surface area contributed by atoms with E-state index in [2.05, 4.69) is 26.8 Å². The van der Waals surface area contributed by atoms with Gasteiger partial charge in [-0.15, -0.1) is 0 Å². The van der Waals surface area contributed by atoms with Gasteiger partial charge in [0, 0.05) is 24.5 Å². The van der Waals surface area contributed by atoms with E-state index in [4.69, 9.17) is 4.74 Å². The Bertz CT molecular complexity index is 544. The van der Waals surface area contributed by atoms with Gasteiger partial charge in [0.25, 0.3) is 5.88 Å². The van der Waals surface area contributed by atoms with Crippen molar-refractivity contribution in [1.82, 2.24) is 14.9 Å². The lowest BCUT2D eigenvalue weighted by molar-refractivity contribution is -0.0279. The smallest absolute Gasteiger partial charge is 0.255 e. The summed E-state index contributed by atoms with van der Waals surface area (Å²) in [5.41, 5.74) is -0.0341. The van der Waals surface area contributed by atoms with Gasteiger partial charge in [0.05, 0.1) is 19.9 Å². The second-order valence-corrected chi connectivity index (χ2v) is 6.34. The van der Waals surface area contributed by atoms with Gasteiger partial charge in [0.15, 0.2) is 0 Å². The van der Waals surface area contributed by atoms with E-state index in [-0.39, 0.29) is 23.9 Å². The maximum Gasteiger partial charge on any atom is 0.255 e. The lowest BCUT2D eigenvalue weighted by Crippen LogP contribution is -2.61. The maximum atomic E-state index is 13.5. The highest BCUT2D eigenvalue weighted by Crippen LogP contribution is 2.42. The number of fused-ring (bicyclic) bond motifs is 1. The van der Waals surface area contributed by atoms with Gasteiger partial charge < -0.3 is 19.6 Å². The molecular formula is C15H23FN4O2. The first-order valence-electron chi connectivity index (χ1n) is 7.72. The first-order chi connectivity index (χ1) is 10.6. The number of piperidine rings is 2. The molecule has 3 rings (SSSR count). The SMILES string of the molecule is COc1nc(N2CC[C@@]3(CO)CCCN(C)[C@@H]3C2)ncc1F. The fourth-order valence-corrected chi connectivity index (χ4v) is 3.84. The van der Waals surface area contributed by atoms with Crippen molar-refractivity contribution in [2.24, 2.45) is 5.41 Å². The van der Waals surface area contributed by atoms with E-state index in [0.717, 1.165) is 45.1 Å². The van der Waals surface area contributed by atoms with Crippen molar-refractivity contribution in [1.29, 1.82) is 0 Å². The molecule has 1 N–H and O–H groups in total. The van der Waals surface area contributed by atoms with Gasteiger partial charge in [-0.1, -0.05) is 0 Å². The standard InChI is InChI=1S/C15H23FN4O2/c1-19-6-3-4-15(10-21)5-7-20(9-12(15)19)14-17-8-11(16)13(18-14)22-2/h8,12,21H,3-7,9-10H2,1-2H3/t12-,15-/m1/s1. The third kappa shape index (κ3) is 2.52. The Morgan fingerprint density at radius 1 is 1.45 bits per heavy atom. The Kier molecular flexibility index (Phi) is 4.18. The summed E-state index contributed by atoms with van der Waals surface area (Å²) in [5, 5.41) is 9.92. The number of aliphatic hydroxyl groups is 1. The van der Waals surface area contributed by atoms with Crippen molar-refractivity contribution < 1.29 is 14.2 Å². The average molecular weight is 310 g/mol. The molecular weight excluding hydrogens is 287 g/mol. The van der Waals surface area contributed by atoms with Gasteiger partial charge in [0.1, 0.15) is 0 Å². The molecule has 3 heterocycles. The highest BCUT2D eigenvalue weighted by Gasteiger charge is 2.46. The van der Waals surface area contributed by atoms with E-state index >= 15 is 0 Å². The molecule has 6 nitrogen and oxygen atoms in total. The van der Waals surface area contributed by atoms with Crippen molar-refractivity contribution in [3.8, 4) is 5.88 Å². The minimum atomic E-state index is -0.553. The van der Waals surface area contributed by atoms with Crippen LogP contribution in [-0.2, 0) is 0 Å². The summed E-state index contributed by atoms with van der Waals surface area (Å²) in [6, 6.07) is 0.264. The van der Waals surface area contributed by atoms with Crippen molar-refractivity contribution in [2.75, 3.05) is 45.3 Å². The molecule has 0 amide bonds. The zero-order valence-corrected chi connectivity index (χ0v) is 13.1. The monoisotopic (exact) mass is 310 g/mol. The average Bonchev–Trinajstić information content (AvgIpc) is 2.55. The van der Waals surface area contributed by atoms with Gasteiger partial charge in [-0.3, -0.25) is 0 Å². The van der Waals surface area contributed by atoms with Crippen LogP contribution in [0.3, 0.4) is 0 Å². The van der Waals surface area contributed by atoms with Crippen LogP contribution in [0.5, 0.6) is 5.88 Å². The second kappa shape index (κ2) is 5.96. The summed E-state index contributed by atoms with van der Waals surface area (Å²) in [7, 11) is 3.50. The number of likely N-dealkylation sites (tertiary alicyclic amines) is 1. The van der Waals surface area contributed by atoms with Crippen LogP contribution in [-0.4, -0.2) is 66.4 Å². The van der Waals surface area contributed by atoms with Crippen LogP contribution in [0, 0.1) is 11.2 Å². The molecule has 0 spiro atoms. The van der Waals surface area contributed by atoms with Crippen LogP contribution in [0.1, 0.15) is 19.3 Å². The molecule has 2 aliphatic heterocycles. The van der Waals surface area contributed by atoms with Gasteiger partial charge >= 0.3 is 0 Å². The fraction of sp³-hybridized carbons (Fsp3) is 0.733. The van der Waals surface area contributed by atoms with Crippen LogP contribution in [0.2, 0.25) is 0 Å². The summed E-state index contributed by atoms with van der Waals surface area (Å²) in [6.45, 7) is 2.75. The summed E-state index contributed by atoms with van der Waals surface area (Å²) in [6.07, 6.45) is 4.22. The lowest BCUT2D eigenvalue weighted by Gasteiger charge is -2.53. The molecule has 2 atom stereocenters. The first kappa shape index (κ1) is 15.4. The van der Waals surface area contributed by atoms with Gasteiger partial charge in [-0.05, 0) is 32.9 Å². The quantitative estimate of drug-likeness (QED) is 0.895. The molecule has 0 aliphatic carbocycles. The largest absolute Gasteiger partial charge is 0.479 e. The number of rotatable bonds is 3. The van der Waals surface area contributed by atoms with E-state index in [1.165, 1.54) is 7.11 Å². The molecule has 2 saturated heterocycles.